The highest BCUT2D eigenvalue weighted by Gasteiger charge is 2.17. The first kappa shape index (κ1) is 17.9. The molecule has 0 amide bonds. The third kappa shape index (κ3) is 4.00. The molecule has 0 radical (unpaired) electrons. The van der Waals surface area contributed by atoms with E-state index in [1.807, 2.05) is 24.3 Å². The van der Waals surface area contributed by atoms with Crippen LogP contribution in [0.3, 0.4) is 0 Å². The number of nitrogens with zero attached hydrogens (tertiary/aromatic N) is 2. The first-order valence-corrected chi connectivity index (χ1v) is 9.16. The van der Waals surface area contributed by atoms with Crippen LogP contribution in [0.2, 0.25) is 10.0 Å². The Hall–Kier alpha value is -1.95. The van der Waals surface area contributed by atoms with Gasteiger partial charge in [-0.1, -0.05) is 53.2 Å². The fourth-order valence-corrected chi connectivity index (χ4v) is 3.49. The zero-order chi connectivity index (χ0) is 17.8. The number of halogens is 2. The monoisotopic (exact) mass is 392 g/mol. The Morgan fingerprint density at radius 2 is 2.08 bits per heavy atom. The summed E-state index contributed by atoms with van der Waals surface area (Å²) in [7, 11) is 0. The lowest BCUT2D eigenvalue weighted by Crippen LogP contribution is -2.20. The third-order valence-corrected chi connectivity index (χ3v) is 4.82. The minimum atomic E-state index is -0.230. The van der Waals surface area contributed by atoms with Crippen LogP contribution in [0.1, 0.15) is 4.79 Å². The van der Waals surface area contributed by atoms with Crippen LogP contribution in [0, 0.1) is 0 Å². The number of rotatable bonds is 6. The summed E-state index contributed by atoms with van der Waals surface area (Å²) < 4.78 is 7.13. The second-order valence-corrected chi connectivity index (χ2v) is 6.91. The van der Waals surface area contributed by atoms with Crippen molar-refractivity contribution >= 4 is 51.9 Å². The van der Waals surface area contributed by atoms with Gasteiger partial charge in [0.25, 0.3) is 5.91 Å². The molecule has 7 heteroatoms. The number of para-hydroxylation sites is 2. The molecule has 25 heavy (non-hydrogen) atoms. The molecule has 0 atom stereocenters. The largest absolute Gasteiger partial charge is 0.482 e. The molecule has 2 aromatic carbocycles. The van der Waals surface area contributed by atoms with E-state index in [0.717, 1.165) is 11.0 Å². The maximum atomic E-state index is 12.7. The highest BCUT2D eigenvalue weighted by Crippen LogP contribution is 2.28. The number of aromatic nitrogens is 2. The predicted molar refractivity (Wildman–Crippen MR) is 103 cm³/mol. The number of carbonyl (C=O) groups excluding carboxylic acids is 1. The van der Waals surface area contributed by atoms with Crippen LogP contribution < -0.4 is 4.74 Å². The number of thioether (sulfide) groups is 1. The van der Waals surface area contributed by atoms with Gasteiger partial charge in [-0.15, -0.1) is 6.58 Å². The van der Waals surface area contributed by atoms with Crippen molar-refractivity contribution in [1.82, 2.24) is 9.55 Å². The Morgan fingerprint density at radius 3 is 2.84 bits per heavy atom. The van der Waals surface area contributed by atoms with E-state index in [4.69, 9.17) is 27.9 Å². The van der Waals surface area contributed by atoms with Gasteiger partial charge in [0.2, 0.25) is 0 Å². The van der Waals surface area contributed by atoms with Crippen molar-refractivity contribution in [3.63, 3.8) is 0 Å². The molecular weight excluding hydrogens is 379 g/mol. The lowest BCUT2D eigenvalue weighted by Gasteiger charge is -2.10. The summed E-state index contributed by atoms with van der Waals surface area (Å²) in [6, 6.07) is 12.3. The number of carbonyl (C=O) groups is 1. The van der Waals surface area contributed by atoms with Gasteiger partial charge in [-0.05, 0) is 30.3 Å². The second kappa shape index (κ2) is 7.95. The molecule has 0 aliphatic carbocycles. The van der Waals surface area contributed by atoms with Crippen molar-refractivity contribution in [3.8, 4) is 5.75 Å². The van der Waals surface area contributed by atoms with Gasteiger partial charge in [0.1, 0.15) is 5.75 Å². The van der Waals surface area contributed by atoms with E-state index in [2.05, 4.69) is 11.6 Å². The van der Waals surface area contributed by atoms with Crippen molar-refractivity contribution in [3.05, 3.63) is 65.2 Å². The molecule has 0 aliphatic rings. The summed E-state index contributed by atoms with van der Waals surface area (Å²) in [5.74, 6) is 0.830. The molecule has 3 rings (SSSR count). The fourth-order valence-electron chi connectivity index (χ4n) is 2.27. The molecule has 3 aromatic rings. The summed E-state index contributed by atoms with van der Waals surface area (Å²) in [6.07, 6.45) is 1.77. The lowest BCUT2D eigenvalue weighted by molar-refractivity contribution is 0.0832. The molecule has 1 heterocycles. The van der Waals surface area contributed by atoms with E-state index in [0.29, 0.717) is 26.7 Å². The zero-order valence-electron chi connectivity index (χ0n) is 13.1. The average molecular weight is 393 g/mol. The Bertz CT molecular complexity index is 940. The predicted octanol–water partition coefficient (Wildman–Crippen LogP) is 5.34. The van der Waals surface area contributed by atoms with Gasteiger partial charge in [0, 0.05) is 10.8 Å². The Balaban J connectivity index is 1.86. The van der Waals surface area contributed by atoms with Crippen molar-refractivity contribution in [2.45, 2.75) is 5.16 Å². The Labute approximate surface area is 159 Å². The highest BCUT2D eigenvalue weighted by atomic mass is 35.5. The van der Waals surface area contributed by atoms with Gasteiger partial charge in [-0.25, -0.2) is 4.98 Å². The molecule has 128 valence electrons. The van der Waals surface area contributed by atoms with E-state index in [-0.39, 0.29) is 12.5 Å². The number of imidazole rings is 1. The van der Waals surface area contributed by atoms with Crippen LogP contribution in [0.4, 0.5) is 0 Å². The molecule has 1 aromatic heterocycles. The van der Waals surface area contributed by atoms with Crippen LogP contribution in [0.5, 0.6) is 5.75 Å². The zero-order valence-corrected chi connectivity index (χ0v) is 15.4. The SMILES string of the molecule is C=CCSc1nc2ccccc2n1C(=O)COc1ccc(Cl)cc1Cl. The summed E-state index contributed by atoms with van der Waals surface area (Å²) in [5, 5.41) is 1.47. The molecule has 0 aliphatic heterocycles. The van der Waals surface area contributed by atoms with Gasteiger partial charge in [0.15, 0.2) is 11.8 Å². The van der Waals surface area contributed by atoms with Gasteiger partial charge in [-0.2, -0.15) is 0 Å². The second-order valence-electron chi connectivity index (χ2n) is 5.08. The van der Waals surface area contributed by atoms with Crippen LogP contribution in [0.25, 0.3) is 11.0 Å². The summed E-state index contributed by atoms with van der Waals surface area (Å²) in [6.45, 7) is 3.54. The molecule has 4 nitrogen and oxygen atoms in total. The molecule has 0 spiro atoms. The molecule has 0 N–H and O–H groups in total. The van der Waals surface area contributed by atoms with Crippen LogP contribution >= 0.6 is 35.0 Å². The maximum Gasteiger partial charge on any atom is 0.271 e. The minimum Gasteiger partial charge on any atom is -0.482 e. The molecular formula is C18H14Cl2N2O2S. The van der Waals surface area contributed by atoms with Crippen LogP contribution in [-0.2, 0) is 0 Å². The van der Waals surface area contributed by atoms with E-state index in [1.165, 1.54) is 11.8 Å². The normalized spacial score (nSPS) is 10.8. The van der Waals surface area contributed by atoms with Crippen molar-refractivity contribution < 1.29 is 9.53 Å². The smallest absolute Gasteiger partial charge is 0.271 e. The van der Waals surface area contributed by atoms with E-state index < -0.39 is 0 Å². The van der Waals surface area contributed by atoms with Gasteiger partial charge in [0.05, 0.1) is 16.1 Å². The van der Waals surface area contributed by atoms with E-state index in [9.17, 15) is 4.79 Å². The number of benzene rings is 2. The van der Waals surface area contributed by atoms with Crippen molar-refractivity contribution in [2.75, 3.05) is 12.4 Å². The number of hydrogen-bond donors (Lipinski definition) is 0. The lowest BCUT2D eigenvalue weighted by atomic mass is 10.3. The van der Waals surface area contributed by atoms with Gasteiger partial charge < -0.3 is 4.74 Å². The van der Waals surface area contributed by atoms with Gasteiger partial charge in [-0.3, -0.25) is 9.36 Å². The molecule has 0 fully saturated rings. The van der Waals surface area contributed by atoms with Crippen LogP contribution in [0.15, 0.2) is 60.3 Å². The fraction of sp³-hybridized carbons (Fsp3) is 0.111. The highest BCUT2D eigenvalue weighted by molar-refractivity contribution is 7.99. The first-order valence-electron chi connectivity index (χ1n) is 7.42. The summed E-state index contributed by atoms with van der Waals surface area (Å²) in [5.41, 5.74) is 1.50. The minimum absolute atomic E-state index is 0.163. The Kier molecular flexibility index (Phi) is 5.68. The topological polar surface area (TPSA) is 44.1 Å². The summed E-state index contributed by atoms with van der Waals surface area (Å²) in [4.78, 5) is 17.3. The van der Waals surface area contributed by atoms with E-state index in [1.54, 1.807) is 28.8 Å². The average Bonchev–Trinajstić information content (AvgIpc) is 2.97. The maximum absolute atomic E-state index is 12.7. The van der Waals surface area contributed by atoms with Crippen molar-refractivity contribution in [1.29, 1.82) is 0 Å². The molecule has 0 saturated heterocycles. The standard InChI is InChI=1S/C18H14Cl2N2O2S/c1-2-9-25-18-21-14-5-3-4-6-15(14)22(18)17(23)11-24-16-8-7-12(19)10-13(16)20/h2-8,10H,1,9,11H2. The Morgan fingerprint density at radius 1 is 1.28 bits per heavy atom. The van der Waals surface area contributed by atoms with Crippen molar-refractivity contribution in [2.24, 2.45) is 0 Å². The van der Waals surface area contributed by atoms with Gasteiger partial charge >= 0.3 is 0 Å². The number of hydrogen-bond acceptors (Lipinski definition) is 4. The molecule has 0 unspecified atom stereocenters. The van der Waals surface area contributed by atoms with E-state index >= 15 is 0 Å². The molecule has 0 saturated carbocycles. The number of ether oxygens (including phenoxy) is 1. The quantitative estimate of drug-likeness (QED) is 0.419. The van der Waals surface area contributed by atoms with Crippen LogP contribution in [-0.4, -0.2) is 27.8 Å². The third-order valence-electron chi connectivity index (χ3n) is 3.35. The summed E-state index contributed by atoms with van der Waals surface area (Å²) >= 11 is 13.4. The molecule has 0 bridgehead atoms. The first-order chi connectivity index (χ1) is 12.1. The number of fused-ring (bicyclic) bond motifs is 1.